The number of halogens is 1. The van der Waals surface area contributed by atoms with Gasteiger partial charge in [-0.25, -0.2) is 9.37 Å². The smallest absolute Gasteiger partial charge is 0.266 e. The predicted molar refractivity (Wildman–Crippen MR) is 53.6 cm³/mol. The Bertz CT molecular complexity index is 565. The molecule has 0 aliphatic heterocycles. The van der Waals surface area contributed by atoms with Crippen molar-refractivity contribution in [1.82, 2.24) is 15.2 Å². The van der Waals surface area contributed by atoms with E-state index in [1.807, 2.05) is 0 Å². The van der Waals surface area contributed by atoms with Gasteiger partial charge in [-0.1, -0.05) is 0 Å². The number of pyridine rings is 1. The zero-order valence-corrected chi connectivity index (χ0v) is 8.70. The SMILES string of the molecule is O=S(=O)(Nc1ccc(F)cn1)c1ccn[nH]1. The van der Waals surface area contributed by atoms with Crippen molar-refractivity contribution in [2.24, 2.45) is 0 Å². The molecule has 2 N–H and O–H groups in total. The number of anilines is 1. The second-order valence-electron chi connectivity index (χ2n) is 2.89. The highest BCUT2D eigenvalue weighted by Gasteiger charge is 2.15. The third-order valence-corrected chi connectivity index (χ3v) is 3.02. The lowest BCUT2D eigenvalue weighted by Crippen LogP contribution is -2.14. The average molecular weight is 242 g/mol. The van der Waals surface area contributed by atoms with Crippen LogP contribution in [-0.2, 0) is 10.0 Å². The minimum absolute atomic E-state index is 0.0380. The highest BCUT2D eigenvalue weighted by Crippen LogP contribution is 2.11. The van der Waals surface area contributed by atoms with E-state index < -0.39 is 15.8 Å². The van der Waals surface area contributed by atoms with Gasteiger partial charge in [0.2, 0.25) is 0 Å². The second-order valence-corrected chi connectivity index (χ2v) is 4.54. The molecule has 84 valence electrons. The fourth-order valence-corrected chi connectivity index (χ4v) is 1.94. The maximum Gasteiger partial charge on any atom is 0.279 e. The number of aromatic nitrogens is 3. The standard InChI is InChI=1S/C8H7FN4O2S/c9-6-1-2-7(10-5-6)13-16(14,15)8-3-4-11-12-8/h1-5H,(H,10,13)(H,11,12). The van der Waals surface area contributed by atoms with E-state index in [-0.39, 0.29) is 10.8 Å². The first-order chi connectivity index (χ1) is 7.58. The van der Waals surface area contributed by atoms with E-state index >= 15 is 0 Å². The number of nitrogens with zero attached hydrogens (tertiary/aromatic N) is 2. The molecule has 0 saturated carbocycles. The summed E-state index contributed by atoms with van der Waals surface area (Å²) < 4.78 is 38.0. The molecule has 0 spiro atoms. The Labute approximate surface area is 90.6 Å². The molecule has 0 atom stereocenters. The van der Waals surface area contributed by atoms with Crippen LogP contribution in [0.4, 0.5) is 10.2 Å². The lowest BCUT2D eigenvalue weighted by atomic mass is 10.5. The predicted octanol–water partition coefficient (Wildman–Crippen LogP) is 0.745. The van der Waals surface area contributed by atoms with Crippen molar-refractivity contribution in [3.05, 3.63) is 36.4 Å². The van der Waals surface area contributed by atoms with Crippen LogP contribution in [0, 0.1) is 5.82 Å². The summed E-state index contributed by atoms with van der Waals surface area (Å²) in [5.74, 6) is -0.500. The molecule has 16 heavy (non-hydrogen) atoms. The molecule has 2 aromatic rings. The molecule has 2 heterocycles. The van der Waals surface area contributed by atoms with E-state index in [4.69, 9.17) is 0 Å². The Balaban J connectivity index is 2.25. The van der Waals surface area contributed by atoms with Gasteiger partial charge in [0.05, 0.1) is 12.4 Å². The first kappa shape index (κ1) is 10.6. The van der Waals surface area contributed by atoms with Gasteiger partial charge in [-0.3, -0.25) is 9.82 Å². The van der Waals surface area contributed by atoms with Crippen molar-refractivity contribution < 1.29 is 12.8 Å². The van der Waals surface area contributed by atoms with Crippen molar-refractivity contribution >= 4 is 15.8 Å². The van der Waals surface area contributed by atoms with Gasteiger partial charge in [-0.15, -0.1) is 0 Å². The summed E-state index contributed by atoms with van der Waals surface area (Å²) in [4.78, 5) is 3.57. The maximum absolute atomic E-state index is 12.5. The third-order valence-electron chi connectivity index (χ3n) is 1.73. The normalized spacial score (nSPS) is 11.3. The molecule has 2 aromatic heterocycles. The third kappa shape index (κ3) is 2.16. The van der Waals surface area contributed by atoms with Crippen molar-refractivity contribution in [3.8, 4) is 0 Å². The number of hydrogen-bond acceptors (Lipinski definition) is 4. The summed E-state index contributed by atoms with van der Waals surface area (Å²) in [6.07, 6.45) is 2.23. The average Bonchev–Trinajstić information content (AvgIpc) is 2.75. The Morgan fingerprint density at radius 2 is 2.12 bits per heavy atom. The number of aromatic amines is 1. The molecule has 0 saturated heterocycles. The first-order valence-corrected chi connectivity index (χ1v) is 5.70. The number of rotatable bonds is 3. The van der Waals surface area contributed by atoms with Crippen LogP contribution in [0.25, 0.3) is 0 Å². The van der Waals surface area contributed by atoms with Crippen molar-refractivity contribution in [2.75, 3.05) is 4.72 Å². The first-order valence-electron chi connectivity index (χ1n) is 4.22. The van der Waals surface area contributed by atoms with Crippen LogP contribution in [0.5, 0.6) is 0 Å². The molecule has 8 heteroatoms. The molecule has 0 aliphatic carbocycles. The summed E-state index contributed by atoms with van der Waals surface area (Å²) in [6, 6.07) is 3.63. The van der Waals surface area contributed by atoms with E-state index in [1.165, 1.54) is 18.3 Å². The molecule has 6 nitrogen and oxygen atoms in total. The highest BCUT2D eigenvalue weighted by molar-refractivity contribution is 7.92. The summed E-state index contributed by atoms with van der Waals surface area (Å²) in [7, 11) is -3.74. The van der Waals surface area contributed by atoms with Gasteiger partial charge in [0, 0.05) is 0 Å². The van der Waals surface area contributed by atoms with E-state index in [0.717, 1.165) is 12.3 Å². The summed E-state index contributed by atoms with van der Waals surface area (Å²) in [5, 5.41) is 5.74. The van der Waals surface area contributed by atoms with Gasteiger partial charge < -0.3 is 0 Å². The maximum atomic E-state index is 12.5. The van der Waals surface area contributed by atoms with Crippen LogP contribution in [-0.4, -0.2) is 23.6 Å². The summed E-state index contributed by atoms with van der Waals surface area (Å²) >= 11 is 0. The van der Waals surface area contributed by atoms with Crippen molar-refractivity contribution in [1.29, 1.82) is 0 Å². The zero-order valence-electron chi connectivity index (χ0n) is 7.88. The monoisotopic (exact) mass is 242 g/mol. The van der Waals surface area contributed by atoms with Gasteiger partial charge in [-0.2, -0.15) is 13.5 Å². The second kappa shape index (κ2) is 3.89. The topological polar surface area (TPSA) is 87.7 Å². The molecule has 0 fully saturated rings. The summed E-state index contributed by atoms with van der Waals surface area (Å²) in [6.45, 7) is 0. The van der Waals surface area contributed by atoms with Crippen LogP contribution in [0.2, 0.25) is 0 Å². The largest absolute Gasteiger partial charge is 0.279 e. The number of H-pyrrole nitrogens is 1. The van der Waals surface area contributed by atoms with Crippen molar-refractivity contribution in [3.63, 3.8) is 0 Å². The Morgan fingerprint density at radius 1 is 1.31 bits per heavy atom. The number of hydrogen-bond donors (Lipinski definition) is 2. The molecule has 0 unspecified atom stereocenters. The Hall–Kier alpha value is -1.96. The molecular formula is C8H7FN4O2S. The molecule has 0 aliphatic rings. The number of sulfonamides is 1. The minimum Gasteiger partial charge on any atom is -0.266 e. The van der Waals surface area contributed by atoms with Gasteiger partial charge in [-0.05, 0) is 18.2 Å². The quantitative estimate of drug-likeness (QED) is 0.831. The molecule has 0 bridgehead atoms. The molecule has 0 aromatic carbocycles. The van der Waals surface area contributed by atoms with Crippen LogP contribution in [0.15, 0.2) is 35.6 Å². The van der Waals surface area contributed by atoms with Crippen LogP contribution < -0.4 is 4.72 Å². The lowest BCUT2D eigenvalue weighted by Gasteiger charge is -2.04. The highest BCUT2D eigenvalue weighted by atomic mass is 32.2. The summed E-state index contributed by atoms with van der Waals surface area (Å²) in [5.41, 5.74) is 0. The van der Waals surface area contributed by atoms with Crippen LogP contribution in [0.1, 0.15) is 0 Å². The zero-order chi connectivity index (χ0) is 11.6. The molecule has 0 amide bonds. The Kier molecular flexibility index (Phi) is 2.57. The van der Waals surface area contributed by atoms with E-state index in [2.05, 4.69) is 19.9 Å². The fraction of sp³-hybridized carbons (Fsp3) is 0. The van der Waals surface area contributed by atoms with E-state index in [0.29, 0.717) is 0 Å². The lowest BCUT2D eigenvalue weighted by molar-refractivity contribution is 0.596. The van der Waals surface area contributed by atoms with E-state index in [9.17, 15) is 12.8 Å². The molecule has 2 rings (SSSR count). The van der Waals surface area contributed by atoms with Crippen LogP contribution in [0.3, 0.4) is 0 Å². The molecule has 0 radical (unpaired) electrons. The fourth-order valence-electron chi connectivity index (χ4n) is 1.02. The van der Waals surface area contributed by atoms with Gasteiger partial charge in [0.1, 0.15) is 11.6 Å². The van der Waals surface area contributed by atoms with Gasteiger partial charge >= 0.3 is 0 Å². The number of nitrogens with one attached hydrogen (secondary N) is 2. The van der Waals surface area contributed by atoms with Crippen LogP contribution >= 0.6 is 0 Å². The van der Waals surface area contributed by atoms with Gasteiger partial charge in [0.15, 0.2) is 5.03 Å². The minimum atomic E-state index is -3.74. The van der Waals surface area contributed by atoms with Gasteiger partial charge in [0.25, 0.3) is 10.0 Å². The van der Waals surface area contributed by atoms with E-state index in [1.54, 1.807) is 0 Å². The Morgan fingerprint density at radius 3 is 2.69 bits per heavy atom. The molecular weight excluding hydrogens is 235 g/mol. The van der Waals surface area contributed by atoms with Crippen molar-refractivity contribution in [2.45, 2.75) is 5.03 Å².